The van der Waals surface area contributed by atoms with Crippen LogP contribution < -0.4 is 10.6 Å². The highest BCUT2D eigenvalue weighted by Gasteiger charge is 2.24. The van der Waals surface area contributed by atoms with Crippen LogP contribution in [-0.4, -0.2) is 48.7 Å². The zero-order chi connectivity index (χ0) is 19.9. The molecule has 1 atom stereocenters. The van der Waals surface area contributed by atoms with Crippen LogP contribution in [0.1, 0.15) is 57.2 Å². The van der Waals surface area contributed by atoms with Gasteiger partial charge in [0.25, 0.3) is 0 Å². The SMILES string of the molecule is Cc1ccc(C(CNC(=O)CCNC(=O)OC(C)(C)C)N2CCCC2)cc1. The first kappa shape index (κ1) is 21.2. The fourth-order valence-electron chi connectivity index (χ4n) is 3.19. The van der Waals surface area contributed by atoms with Crippen molar-refractivity contribution in [1.82, 2.24) is 15.5 Å². The third kappa shape index (κ3) is 7.59. The van der Waals surface area contributed by atoms with E-state index < -0.39 is 11.7 Å². The number of hydrogen-bond donors (Lipinski definition) is 2. The van der Waals surface area contributed by atoms with Crippen molar-refractivity contribution in [2.45, 2.75) is 58.6 Å². The molecule has 1 aliphatic rings. The maximum absolute atomic E-state index is 12.2. The third-order valence-electron chi connectivity index (χ3n) is 4.56. The molecule has 1 saturated heterocycles. The highest BCUT2D eigenvalue weighted by atomic mass is 16.6. The lowest BCUT2D eigenvalue weighted by Gasteiger charge is -2.28. The van der Waals surface area contributed by atoms with Crippen molar-refractivity contribution in [2.75, 3.05) is 26.2 Å². The van der Waals surface area contributed by atoms with Crippen molar-refractivity contribution in [3.05, 3.63) is 35.4 Å². The van der Waals surface area contributed by atoms with Crippen molar-refractivity contribution in [2.24, 2.45) is 0 Å². The largest absolute Gasteiger partial charge is 0.444 e. The van der Waals surface area contributed by atoms with E-state index in [1.165, 1.54) is 24.0 Å². The van der Waals surface area contributed by atoms with E-state index >= 15 is 0 Å². The number of carbonyl (C=O) groups is 2. The molecule has 1 unspecified atom stereocenters. The standard InChI is InChI=1S/C21H33N3O3/c1-16-7-9-17(10-8-16)18(24-13-5-6-14-24)15-23-19(25)11-12-22-20(26)27-21(2,3)4/h7-10,18H,5-6,11-15H2,1-4H3,(H,22,26)(H,23,25). The molecule has 6 heteroatoms. The second-order valence-corrected chi connectivity index (χ2v) is 8.15. The van der Waals surface area contributed by atoms with Gasteiger partial charge in [-0.3, -0.25) is 9.69 Å². The summed E-state index contributed by atoms with van der Waals surface area (Å²) in [5.74, 6) is -0.0673. The molecule has 1 aromatic carbocycles. The van der Waals surface area contributed by atoms with Gasteiger partial charge in [-0.15, -0.1) is 0 Å². The van der Waals surface area contributed by atoms with E-state index in [-0.39, 0.29) is 24.9 Å². The molecule has 0 saturated carbocycles. The summed E-state index contributed by atoms with van der Waals surface area (Å²) in [7, 11) is 0. The van der Waals surface area contributed by atoms with E-state index in [2.05, 4.69) is 46.7 Å². The molecule has 2 rings (SSSR count). The molecule has 27 heavy (non-hydrogen) atoms. The van der Waals surface area contributed by atoms with E-state index in [1.54, 1.807) is 0 Å². The zero-order valence-corrected chi connectivity index (χ0v) is 17.0. The first-order valence-electron chi connectivity index (χ1n) is 9.79. The first-order chi connectivity index (χ1) is 12.7. The predicted molar refractivity (Wildman–Crippen MR) is 107 cm³/mol. The van der Waals surface area contributed by atoms with Crippen molar-refractivity contribution in [1.29, 1.82) is 0 Å². The van der Waals surface area contributed by atoms with Gasteiger partial charge in [0.05, 0.1) is 6.04 Å². The predicted octanol–water partition coefficient (Wildman–Crippen LogP) is 3.16. The maximum atomic E-state index is 12.2. The van der Waals surface area contributed by atoms with E-state index in [4.69, 9.17) is 4.74 Å². The van der Waals surface area contributed by atoms with Gasteiger partial charge in [-0.2, -0.15) is 0 Å². The quantitative estimate of drug-likeness (QED) is 0.768. The Morgan fingerprint density at radius 3 is 2.33 bits per heavy atom. The lowest BCUT2D eigenvalue weighted by atomic mass is 10.0. The Morgan fingerprint density at radius 2 is 1.74 bits per heavy atom. The number of alkyl carbamates (subject to hydrolysis) is 1. The van der Waals surface area contributed by atoms with Crippen LogP contribution in [0.3, 0.4) is 0 Å². The number of likely N-dealkylation sites (tertiary alicyclic amines) is 1. The number of nitrogens with one attached hydrogen (secondary N) is 2. The summed E-state index contributed by atoms with van der Waals surface area (Å²) in [6.45, 7) is 10.5. The number of amides is 2. The molecule has 1 aliphatic heterocycles. The van der Waals surface area contributed by atoms with Gasteiger partial charge >= 0.3 is 6.09 Å². The summed E-state index contributed by atoms with van der Waals surface area (Å²) in [6, 6.07) is 8.72. The van der Waals surface area contributed by atoms with Crippen LogP contribution in [0.2, 0.25) is 0 Å². The molecule has 1 fully saturated rings. The van der Waals surface area contributed by atoms with E-state index in [1.807, 2.05) is 20.8 Å². The van der Waals surface area contributed by atoms with Crippen molar-refractivity contribution < 1.29 is 14.3 Å². The molecule has 0 aromatic heterocycles. The van der Waals surface area contributed by atoms with Gasteiger partial charge in [-0.1, -0.05) is 29.8 Å². The molecule has 150 valence electrons. The lowest BCUT2D eigenvalue weighted by molar-refractivity contribution is -0.121. The fraction of sp³-hybridized carbons (Fsp3) is 0.619. The molecule has 2 amide bonds. The summed E-state index contributed by atoms with van der Waals surface area (Å²) in [5.41, 5.74) is 1.93. The van der Waals surface area contributed by atoms with E-state index in [9.17, 15) is 9.59 Å². The van der Waals surface area contributed by atoms with Gasteiger partial charge in [0.15, 0.2) is 0 Å². The molecule has 0 spiro atoms. The van der Waals surface area contributed by atoms with Gasteiger partial charge in [0.1, 0.15) is 5.60 Å². The van der Waals surface area contributed by atoms with Crippen molar-refractivity contribution in [3.63, 3.8) is 0 Å². The summed E-state index contributed by atoms with van der Waals surface area (Å²) < 4.78 is 5.16. The summed E-state index contributed by atoms with van der Waals surface area (Å²) in [5, 5.41) is 5.64. The number of aryl methyl sites for hydroxylation is 1. The van der Waals surface area contributed by atoms with E-state index in [0.717, 1.165) is 13.1 Å². The highest BCUT2D eigenvalue weighted by molar-refractivity contribution is 5.77. The molecule has 0 aliphatic carbocycles. The Balaban J connectivity index is 1.81. The summed E-state index contributed by atoms with van der Waals surface area (Å²) in [6.07, 6.45) is 2.15. The van der Waals surface area contributed by atoms with Crippen LogP contribution >= 0.6 is 0 Å². The van der Waals surface area contributed by atoms with Crippen LogP contribution in [-0.2, 0) is 9.53 Å². The second-order valence-electron chi connectivity index (χ2n) is 8.15. The Labute approximate surface area is 162 Å². The van der Waals surface area contributed by atoms with Crippen LogP contribution in [0.5, 0.6) is 0 Å². The molecule has 1 aromatic rings. The smallest absolute Gasteiger partial charge is 0.407 e. The minimum Gasteiger partial charge on any atom is -0.444 e. The van der Waals surface area contributed by atoms with Crippen LogP contribution in [0, 0.1) is 6.92 Å². The number of ether oxygens (including phenoxy) is 1. The Bertz CT molecular complexity index is 617. The lowest BCUT2D eigenvalue weighted by Crippen LogP contribution is -2.38. The van der Waals surface area contributed by atoms with Gasteiger partial charge in [-0.25, -0.2) is 4.79 Å². The summed E-state index contributed by atoms with van der Waals surface area (Å²) >= 11 is 0. The minimum atomic E-state index is -0.538. The molecule has 2 N–H and O–H groups in total. The fourth-order valence-corrected chi connectivity index (χ4v) is 3.19. The number of hydrogen-bond acceptors (Lipinski definition) is 4. The van der Waals surface area contributed by atoms with Crippen LogP contribution in [0.15, 0.2) is 24.3 Å². The second kappa shape index (κ2) is 9.74. The van der Waals surface area contributed by atoms with Gasteiger partial charge in [0, 0.05) is 19.5 Å². The summed E-state index contributed by atoms with van der Waals surface area (Å²) in [4.78, 5) is 26.2. The van der Waals surface area contributed by atoms with Gasteiger partial charge in [0.2, 0.25) is 5.91 Å². The van der Waals surface area contributed by atoms with E-state index in [0.29, 0.717) is 6.54 Å². The number of nitrogens with zero attached hydrogens (tertiary/aromatic N) is 1. The molecule has 0 radical (unpaired) electrons. The average Bonchev–Trinajstić information content (AvgIpc) is 3.09. The third-order valence-corrected chi connectivity index (χ3v) is 4.56. The normalized spacial score (nSPS) is 16.0. The van der Waals surface area contributed by atoms with Gasteiger partial charge < -0.3 is 15.4 Å². The van der Waals surface area contributed by atoms with Crippen molar-refractivity contribution in [3.8, 4) is 0 Å². The Kier molecular flexibility index (Phi) is 7.66. The minimum absolute atomic E-state index is 0.0673. The highest BCUT2D eigenvalue weighted by Crippen LogP contribution is 2.24. The number of benzene rings is 1. The average molecular weight is 376 g/mol. The first-order valence-corrected chi connectivity index (χ1v) is 9.79. The van der Waals surface area contributed by atoms with Crippen molar-refractivity contribution >= 4 is 12.0 Å². The Hall–Kier alpha value is -2.08. The van der Waals surface area contributed by atoms with Crippen LogP contribution in [0.25, 0.3) is 0 Å². The maximum Gasteiger partial charge on any atom is 0.407 e. The number of rotatable bonds is 7. The Morgan fingerprint density at radius 1 is 1.11 bits per heavy atom. The molecule has 6 nitrogen and oxygen atoms in total. The molecular formula is C21H33N3O3. The topological polar surface area (TPSA) is 70.7 Å². The zero-order valence-electron chi connectivity index (χ0n) is 17.0. The number of carbonyl (C=O) groups excluding carboxylic acids is 2. The monoisotopic (exact) mass is 375 g/mol. The molecular weight excluding hydrogens is 342 g/mol. The van der Waals surface area contributed by atoms with Gasteiger partial charge in [-0.05, 0) is 59.2 Å². The van der Waals surface area contributed by atoms with Crippen LogP contribution in [0.4, 0.5) is 4.79 Å². The molecule has 1 heterocycles. The molecule has 0 bridgehead atoms.